The second-order valence-electron chi connectivity index (χ2n) is 5.53. The first-order valence-electron chi connectivity index (χ1n) is 7.08. The van der Waals surface area contributed by atoms with Gasteiger partial charge in [0.05, 0.1) is 13.2 Å². The molecule has 137 valence electrons. The maximum absolute atomic E-state index is 9.94. The van der Waals surface area contributed by atoms with Crippen LogP contribution in [0.2, 0.25) is 0 Å². The fraction of sp³-hybridized carbons (Fsp3) is 1.00. The average Bonchev–Trinajstić information content (AvgIpc) is 2.55. The Kier molecular flexibility index (Phi) is 8.93. The van der Waals surface area contributed by atoms with E-state index >= 15 is 0 Å². The smallest absolute Gasteiger partial charge is 0.187 e. The third-order valence-corrected chi connectivity index (χ3v) is 3.98. The summed E-state index contributed by atoms with van der Waals surface area (Å²) in [7, 11) is 0. The van der Waals surface area contributed by atoms with Crippen LogP contribution in [0, 0.1) is 0 Å². The predicted molar refractivity (Wildman–Crippen MR) is 74.4 cm³/mol. The van der Waals surface area contributed by atoms with Crippen molar-refractivity contribution < 1.29 is 55.1 Å². The Morgan fingerprint density at radius 1 is 0.667 bits per heavy atom. The standard InChI is InChI=1S/C12H22O11.Na/c13-1-3-5(15)6(16)9(19)12(22-3)23-10-4(2-14)21-11(20)8(18)7(10)17;/h3-20H,1-2H2;/t3-,4-,5+,6+,7-,8-,9-,10-,11?,12+;/m0./s1. The molecule has 0 aromatic heterocycles. The Hall–Kier alpha value is 0.560. The Balaban J connectivity index is 0.00000288. The van der Waals surface area contributed by atoms with Crippen molar-refractivity contribution in [2.24, 2.45) is 0 Å². The first kappa shape index (κ1) is 22.6. The Morgan fingerprint density at radius 3 is 1.79 bits per heavy atom. The Morgan fingerprint density at radius 2 is 1.25 bits per heavy atom. The molecular formula is C12H22NaO11. The molecule has 0 aromatic rings. The van der Waals surface area contributed by atoms with E-state index in [1.54, 1.807) is 0 Å². The third kappa shape index (κ3) is 4.45. The average molecular weight is 365 g/mol. The molecule has 0 aliphatic carbocycles. The van der Waals surface area contributed by atoms with Crippen LogP contribution >= 0.6 is 0 Å². The zero-order chi connectivity index (χ0) is 17.3. The van der Waals surface area contributed by atoms with Crippen LogP contribution in [0.3, 0.4) is 0 Å². The van der Waals surface area contributed by atoms with Crippen LogP contribution in [0.1, 0.15) is 0 Å². The summed E-state index contributed by atoms with van der Waals surface area (Å²) >= 11 is 0. The molecular weight excluding hydrogens is 343 g/mol. The molecule has 0 bridgehead atoms. The van der Waals surface area contributed by atoms with Gasteiger partial charge < -0.3 is 55.1 Å². The van der Waals surface area contributed by atoms with Crippen LogP contribution in [-0.4, -0.2) is 145 Å². The number of aliphatic hydroxyl groups is 8. The fourth-order valence-corrected chi connectivity index (χ4v) is 2.57. The molecule has 0 aromatic carbocycles. The molecule has 2 fully saturated rings. The quantitative estimate of drug-likeness (QED) is 0.222. The van der Waals surface area contributed by atoms with Crippen molar-refractivity contribution in [2.75, 3.05) is 13.2 Å². The van der Waals surface area contributed by atoms with Crippen molar-refractivity contribution in [1.29, 1.82) is 0 Å². The topological polar surface area (TPSA) is 190 Å². The van der Waals surface area contributed by atoms with Crippen molar-refractivity contribution in [2.45, 2.75) is 61.4 Å². The van der Waals surface area contributed by atoms with E-state index in [1.807, 2.05) is 0 Å². The molecule has 24 heavy (non-hydrogen) atoms. The van der Waals surface area contributed by atoms with Crippen molar-refractivity contribution >= 4 is 29.6 Å². The summed E-state index contributed by atoms with van der Waals surface area (Å²) in [4.78, 5) is 0. The summed E-state index contributed by atoms with van der Waals surface area (Å²) in [5.41, 5.74) is 0. The first-order chi connectivity index (χ1) is 10.8. The maximum Gasteiger partial charge on any atom is 0.187 e. The number of hydrogen-bond acceptors (Lipinski definition) is 11. The van der Waals surface area contributed by atoms with E-state index in [4.69, 9.17) is 19.3 Å². The van der Waals surface area contributed by atoms with E-state index < -0.39 is 74.6 Å². The van der Waals surface area contributed by atoms with Crippen molar-refractivity contribution in [1.82, 2.24) is 0 Å². The molecule has 0 amide bonds. The number of rotatable bonds is 4. The molecule has 12 heteroatoms. The third-order valence-electron chi connectivity index (χ3n) is 3.98. The zero-order valence-corrected chi connectivity index (χ0v) is 15.0. The van der Waals surface area contributed by atoms with Crippen molar-refractivity contribution in [3.8, 4) is 0 Å². The maximum atomic E-state index is 9.94. The van der Waals surface area contributed by atoms with Gasteiger partial charge in [-0.2, -0.15) is 0 Å². The number of aliphatic hydroxyl groups excluding tert-OH is 8. The predicted octanol–water partition coefficient (Wildman–Crippen LogP) is -5.78. The van der Waals surface area contributed by atoms with E-state index in [2.05, 4.69) is 0 Å². The van der Waals surface area contributed by atoms with Gasteiger partial charge in [0.2, 0.25) is 0 Å². The molecule has 1 unspecified atom stereocenters. The van der Waals surface area contributed by atoms with Crippen molar-refractivity contribution in [3.63, 3.8) is 0 Å². The van der Waals surface area contributed by atoms with Crippen LogP contribution in [0.25, 0.3) is 0 Å². The summed E-state index contributed by atoms with van der Waals surface area (Å²) in [6, 6.07) is 0. The Labute approximate surface area is 159 Å². The molecule has 8 N–H and O–H groups in total. The molecule has 1 radical (unpaired) electrons. The van der Waals surface area contributed by atoms with Gasteiger partial charge in [0.1, 0.15) is 48.8 Å². The van der Waals surface area contributed by atoms with Gasteiger partial charge >= 0.3 is 0 Å². The summed E-state index contributed by atoms with van der Waals surface area (Å²) in [5.74, 6) is 0. The molecule has 11 nitrogen and oxygen atoms in total. The van der Waals surface area contributed by atoms with Gasteiger partial charge in [0, 0.05) is 29.6 Å². The van der Waals surface area contributed by atoms with Crippen LogP contribution in [0.5, 0.6) is 0 Å². The van der Waals surface area contributed by atoms with Gasteiger partial charge in [-0.05, 0) is 0 Å². The van der Waals surface area contributed by atoms with E-state index in [0.29, 0.717) is 0 Å². The first-order valence-corrected chi connectivity index (χ1v) is 7.08. The Bertz CT molecular complexity index is 384. The second-order valence-corrected chi connectivity index (χ2v) is 5.53. The molecule has 0 saturated carbocycles. The van der Waals surface area contributed by atoms with E-state index in [0.717, 1.165) is 0 Å². The molecule has 2 aliphatic rings. The van der Waals surface area contributed by atoms with Crippen LogP contribution in [0.15, 0.2) is 0 Å². The van der Waals surface area contributed by atoms with Gasteiger partial charge in [-0.3, -0.25) is 0 Å². The van der Waals surface area contributed by atoms with Crippen LogP contribution in [-0.2, 0) is 14.2 Å². The van der Waals surface area contributed by atoms with E-state index in [1.165, 1.54) is 0 Å². The fourth-order valence-electron chi connectivity index (χ4n) is 2.57. The van der Waals surface area contributed by atoms with Gasteiger partial charge in [-0.15, -0.1) is 0 Å². The SMILES string of the molecule is OC[C@@H]1O[C@H](O[C@@H]2[C@@H](O)[C@H](O)C(O)O[C@H]2CO)[C@@H](O)[C@H](O)[C@@H]1O.[Na]. The molecule has 10 atom stereocenters. The minimum Gasteiger partial charge on any atom is -0.394 e. The van der Waals surface area contributed by atoms with E-state index in [9.17, 15) is 35.7 Å². The normalized spacial score (nSPS) is 49.5. The molecule has 2 heterocycles. The summed E-state index contributed by atoms with van der Waals surface area (Å²) in [6.07, 6.45) is -15.6. The second kappa shape index (κ2) is 9.48. The largest absolute Gasteiger partial charge is 0.394 e. The number of hydrogen-bond donors (Lipinski definition) is 8. The van der Waals surface area contributed by atoms with Crippen LogP contribution in [0.4, 0.5) is 0 Å². The molecule has 2 aliphatic heterocycles. The van der Waals surface area contributed by atoms with E-state index in [-0.39, 0.29) is 29.6 Å². The van der Waals surface area contributed by atoms with Gasteiger partial charge in [-0.25, -0.2) is 0 Å². The summed E-state index contributed by atoms with van der Waals surface area (Å²) in [6.45, 7) is -1.35. The minimum atomic E-state index is -1.74. The van der Waals surface area contributed by atoms with Crippen LogP contribution < -0.4 is 0 Å². The van der Waals surface area contributed by atoms with Crippen molar-refractivity contribution in [3.05, 3.63) is 0 Å². The van der Waals surface area contributed by atoms with Gasteiger partial charge in [0.15, 0.2) is 12.6 Å². The summed E-state index contributed by atoms with van der Waals surface area (Å²) < 4.78 is 15.3. The molecule has 2 saturated heterocycles. The minimum absolute atomic E-state index is 0. The monoisotopic (exact) mass is 365 g/mol. The summed E-state index contributed by atoms with van der Waals surface area (Å²) in [5, 5.41) is 76.5. The van der Waals surface area contributed by atoms with Gasteiger partial charge in [-0.1, -0.05) is 0 Å². The zero-order valence-electron chi connectivity index (χ0n) is 13.0. The van der Waals surface area contributed by atoms with Gasteiger partial charge in [0.25, 0.3) is 0 Å². The molecule has 0 spiro atoms. The molecule has 2 rings (SSSR count). The number of ether oxygens (including phenoxy) is 3.